The summed E-state index contributed by atoms with van der Waals surface area (Å²) in [5, 5.41) is 2.19. The number of alkyl halides is 3. The molecule has 2 aromatic rings. The van der Waals surface area contributed by atoms with Crippen LogP contribution in [0, 0.1) is 11.7 Å². The van der Waals surface area contributed by atoms with Gasteiger partial charge in [0.05, 0.1) is 22.2 Å². The van der Waals surface area contributed by atoms with E-state index in [1.807, 2.05) is 32.2 Å². The molecular formula is C24H27ClF4N2O. The fourth-order valence-corrected chi connectivity index (χ4v) is 4.69. The molecule has 0 aromatic heterocycles. The maximum atomic E-state index is 14.7. The Hall–Kier alpha value is -2.12. The molecule has 1 fully saturated rings. The van der Waals surface area contributed by atoms with Gasteiger partial charge in [0.15, 0.2) is 5.82 Å². The normalized spacial score (nSPS) is 23.1. The summed E-state index contributed by atoms with van der Waals surface area (Å²) < 4.78 is 55.4. The number of nitrogens with zero attached hydrogens (tertiary/aromatic N) is 1. The maximum Gasteiger partial charge on any atom is 0.417 e. The molecule has 3 nitrogen and oxygen atoms in total. The van der Waals surface area contributed by atoms with Crippen molar-refractivity contribution in [3.05, 3.63) is 70.0 Å². The van der Waals surface area contributed by atoms with Crippen LogP contribution in [0.2, 0.25) is 5.02 Å². The van der Waals surface area contributed by atoms with Gasteiger partial charge in [0.25, 0.3) is 5.91 Å². The van der Waals surface area contributed by atoms with Gasteiger partial charge in [-0.25, -0.2) is 4.39 Å². The van der Waals surface area contributed by atoms with Crippen molar-refractivity contribution in [2.24, 2.45) is 5.92 Å². The molecule has 0 radical (unpaired) electrons. The lowest BCUT2D eigenvalue weighted by molar-refractivity contribution is -0.138. The molecule has 3 unspecified atom stereocenters. The van der Waals surface area contributed by atoms with Gasteiger partial charge >= 0.3 is 6.18 Å². The number of nitrogens with one attached hydrogen (secondary N) is 1. The van der Waals surface area contributed by atoms with Crippen molar-refractivity contribution in [1.82, 2.24) is 10.2 Å². The van der Waals surface area contributed by atoms with Gasteiger partial charge in [-0.05, 0) is 50.4 Å². The summed E-state index contributed by atoms with van der Waals surface area (Å²) in [6.07, 6.45) is -2.23. The Morgan fingerprint density at radius 2 is 1.91 bits per heavy atom. The second-order valence-electron chi connectivity index (χ2n) is 8.65. The van der Waals surface area contributed by atoms with E-state index in [0.29, 0.717) is 12.0 Å². The first-order valence-electron chi connectivity index (χ1n) is 10.6. The van der Waals surface area contributed by atoms with Crippen molar-refractivity contribution >= 4 is 17.5 Å². The maximum absolute atomic E-state index is 14.7. The van der Waals surface area contributed by atoms with Gasteiger partial charge in [-0.2, -0.15) is 13.2 Å². The molecule has 0 bridgehead atoms. The molecule has 3 atom stereocenters. The molecule has 1 amide bonds. The smallest absolute Gasteiger partial charge is 0.343 e. The van der Waals surface area contributed by atoms with E-state index in [2.05, 4.69) is 17.1 Å². The van der Waals surface area contributed by atoms with E-state index < -0.39 is 45.6 Å². The quantitative estimate of drug-likeness (QED) is 0.507. The fourth-order valence-electron chi connectivity index (χ4n) is 4.53. The van der Waals surface area contributed by atoms with Gasteiger partial charge < -0.3 is 5.32 Å². The zero-order chi connectivity index (χ0) is 23.7. The third-order valence-electron chi connectivity index (χ3n) is 6.70. The van der Waals surface area contributed by atoms with Crippen LogP contribution in [0.4, 0.5) is 17.6 Å². The highest BCUT2D eigenvalue weighted by molar-refractivity contribution is 6.31. The van der Waals surface area contributed by atoms with Crippen LogP contribution in [0.25, 0.3) is 0 Å². The Morgan fingerprint density at radius 3 is 2.47 bits per heavy atom. The minimum Gasteiger partial charge on any atom is -0.343 e. The summed E-state index contributed by atoms with van der Waals surface area (Å²) >= 11 is 5.73. The summed E-state index contributed by atoms with van der Waals surface area (Å²) in [5.41, 5.74) is -2.27. The van der Waals surface area contributed by atoms with Crippen molar-refractivity contribution in [1.29, 1.82) is 0 Å². The number of rotatable bonds is 5. The topological polar surface area (TPSA) is 32.3 Å². The van der Waals surface area contributed by atoms with Crippen LogP contribution in [0.15, 0.2) is 42.5 Å². The van der Waals surface area contributed by atoms with Gasteiger partial charge in [0.1, 0.15) is 0 Å². The molecule has 32 heavy (non-hydrogen) atoms. The Balaban J connectivity index is 2.05. The second kappa shape index (κ2) is 9.40. The highest BCUT2D eigenvalue weighted by Gasteiger charge is 2.44. The summed E-state index contributed by atoms with van der Waals surface area (Å²) in [6, 6.07) is 9.85. The van der Waals surface area contributed by atoms with E-state index in [0.717, 1.165) is 37.4 Å². The number of hydrogen-bond donors (Lipinski definition) is 1. The molecule has 0 aliphatic carbocycles. The van der Waals surface area contributed by atoms with Crippen molar-refractivity contribution in [2.45, 2.75) is 50.9 Å². The van der Waals surface area contributed by atoms with E-state index in [1.165, 1.54) is 0 Å². The van der Waals surface area contributed by atoms with Gasteiger partial charge in [0, 0.05) is 12.1 Å². The molecule has 0 saturated carbocycles. The zero-order valence-corrected chi connectivity index (χ0v) is 19.0. The van der Waals surface area contributed by atoms with Crippen LogP contribution in [0.5, 0.6) is 0 Å². The van der Waals surface area contributed by atoms with Crippen LogP contribution in [-0.4, -0.2) is 29.9 Å². The van der Waals surface area contributed by atoms with E-state index in [1.54, 1.807) is 12.1 Å². The number of benzene rings is 2. The van der Waals surface area contributed by atoms with Crippen molar-refractivity contribution in [3.63, 3.8) is 0 Å². The summed E-state index contributed by atoms with van der Waals surface area (Å²) in [7, 11) is 1.95. The average molecular weight is 471 g/mol. The van der Waals surface area contributed by atoms with E-state index >= 15 is 0 Å². The number of amides is 1. The van der Waals surface area contributed by atoms with E-state index in [-0.39, 0.29) is 0 Å². The summed E-state index contributed by atoms with van der Waals surface area (Å²) in [6.45, 7) is 4.90. The molecule has 1 heterocycles. The zero-order valence-electron chi connectivity index (χ0n) is 18.3. The van der Waals surface area contributed by atoms with Gasteiger partial charge in [0.2, 0.25) is 0 Å². The number of piperidine rings is 1. The van der Waals surface area contributed by atoms with Crippen LogP contribution >= 0.6 is 11.6 Å². The lowest BCUT2D eigenvalue weighted by atomic mass is 9.75. The molecule has 1 N–H and O–H groups in total. The molecular weight excluding hydrogens is 444 g/mol. The van der Waals surface area contributed by atoms with E-state index in [9.17, 15) is 22.4 Å². The predicted molar refractivity (Wildman–Crippen MR) is 117 cm³/mol. The first-order valence-corrected chi connectivity index (χ1v) is 11.0. The molecule has 2 aromatic carbocycles. The van der Waals surface area contributed by atoms with Crippen molar-refractivity contribution < 1.29 is 22.4 Å². The van der Waals surface area contributed by atoms with Crippen LogP contribution in [0.1, 0.15) is 60.6 Å². The second-order valence-corrected chi connectivity index (χ2v) is 9.06. The Kier molecular flexibility index (Phi) is 7.20. The Morgan fingerprint density at radius 1 is 1.25 bits per heavy atom. The standard InChI is InChI=1S/C24H27ClF4N2O/c1-4-15-12-13-23(2,31(3)14-15)21(16-8-6-5-7-9-16)30-22(32)19-17(24(27,28)29)10-11-18(25)20(19)26/h5-11,15,21H,4,12-14H2,1-3H3,(H,30,32). The lowest BCUT2D eigenvalue weighted by Crippen LogP contribution is -2.58. The van der Waals surface area contributed by atoms with Crippen LogP contribution in [0.3, 0.4) is 0 Å². The highest BCUT2D eigenvalue weighted by atomic mass is 35.5. The van der Waals surface area contributed by atoms with Gasteiger partial charge in [-0.15, -0.1) is 0 Å². The third-order valence-corrected chi connectivity index (χ3v) is 6.99. The lowest BCUT2D eigenvalue weighted by Gasteiger charge is -2.50. The van der Waals surface area contributed by atoms with Crippen molar-refractivity contribution in [3.8, 4) is 0 Å². The molecule has 1 aliphatic rings. The number of carbonyl (C=O) groups is 1. The number of likely N-dealkylation sites (tertiary alicyclic amines) is 1. The molecule has 3 rings (SSSR count). The monoisotopic (exact) mass is 470 g/mol. The largest absolute Gasteiger partial charge is 0.417 e. The van der Waals surface area contributed by atoms with Crippen LogP contribution < -0.4 is 5.32 Å². The number of hydrogen-bond acceptors (Lipinski definition) is 2. The first kappa shape index (κ1) is 24.5. The first-order chi connectivity index (χ1) is 15.0. The molecule has 174 valence electrons. The number of likely N-dealkylation sites (N-methyl/N-ethyl adjacent to an activating group) is 1. The molecule has 1 aliphatic heterocycles. The molecule has 1 saturated heterocycles. The van der Waals surface area contributed by atoms with Crippen molar-refractivity contribution in [2.75, 3.05) is 13.6 Å². The number of halogens is 5. The van der Waals surface area contributed by atoms with Gasteiger partial charge in [-0.1, -0.05) is 55.3 Å². The average Bonchev–Trinajstić information content (AvgIpc) is 2.75. The summed E-state index contributed by atoms with van der Waals surface area (Å²) in [4.78, 5) is 15.3. The third kappa shape index (κ3) is 4.79. The molecule has 8 heteroatoms. The van der Waals surface area contributed by atoms with Crippen LogP contribution in [-0.2, 0) is 6.18 Å². The highest BCUT2D eigenvalue weighted by Crippen LogP contribution is 2.41. The SMILES string of the molecule is CCC1CCC(C)(C(NC(=O)c2c(C(F)(F)F)ccc(Cl)c2F)c2ccccc2)N(C)C1. The minimum atomic E-state index is -4.90. The predicted octanol–water partition coefficient (Wildman–Crippen LogP) is 6.48. The number of carbonyl (C=O) groups excluding carboxylic acids is 1. The van der Waals surface area contributed by atoms with E-state index in [4.69, 9.17) is 11.6 Å². The summed E-state index contributed by atoms with van der Waals surface area (Å²) in [5.74, 6) is -2.01. The molecule has 0 spiro atoms. The Labute approximate surface area is 190 Å². The minimum absolute atomic E-state index is 0.502. The van der Waals surface area contributed by atoms with Gasteiger partial charge in [-0.3, -0.25) is 9.69 Å². The Bertz CT molecular complexity index is 966. The fraction of sp³-hybridized carbons (Fsp3) is 0.458.